The zero-order valence-corrected chi connectivity index (χ0v) is 19.1. The number of ether oxygens (including phenoxy) is 2. The summed E-state index contributed by atoms with van der Waals surface area (Å²) >= 11 is 0. The van der Waals surface area contributed by atoms with Crippen LogP contribution in [0, 0.1) is 0 Å². The van der Waals surface area contributed by atoms with Crippen molar-refractivity contribution in [2.75, 3.05) is 27.4 Å². The summed E-state index contributed by atoms with van der Waals surface area (Å²) in [6.45, 7) is 2.45. The number of hydrogen-bond donors (Lipinski definition) is 1. The largest absolute Gasteiger partial charge is 0.497 e. The highest BCUT2D eigenvalue weighted by atomic mass is 32.2. The summed E-state index contributed by atoms with van der Waals surface area (Å²) in [5.74, 6) is -0.194. The first-order valence-electron chi connectivity index (χ1n) is 10.1. The van der Waals surface area contributed by atoms with Gasteiger partial charge in [0.1, 0.15) is 10.7 Å². The van der Waals surface area contributed by atoms with E-state index in [-0.39, 0.29) is 22.9 Å². The highest BCUT2D eigenvalue weighted by Gasteiger charge is 2.42. The van der Waals surface area contributed by atoms with Crippen molar-refractivity contribution < 1.29 is 27.5 Å². The lowest BCUT2D eigenvalue weighted by molar-refractivity contribution is -0.122. The molecule has 8 nitrogen and oxygen atoms in total. The van der Waals surface area contributed by atoms with Crippen LogP contribution in [0.15, 0.2) is 54.1 Å². The first kappa shape index (κ1) is 23.5. The number of carbonyl (C=O) groups excluding carboxylic acids is 2. The van der Waals surface area contributed by atoms with Crippen LogP contribution < -0.4 is 10.1 Å². The number of carbonyl (C=O) groups is 2. The number of rotatable bonds is 9. The summed E-state index contributed by atoms with van der Waals surface area (Å²) in [4.78, 5) is 24.9. The maximum absolute atomic E-state index is 13.2. The molecule has 0 radical (unpaired) electrons. The third kappa shape index (κ3) is 4.84. The van der Waals surface area contributed by atoms with Crippen molar-refractivity contribution in [1.82, 2.24) is 9.62 Å². The van der Waals surface area contributed by atoms with Gasteiger partial charge in [0.05, 0.1) is 13.7 Å². The predicted octanol–water partition coefficient (Wildman–Crippen LogP) is 2.56. The van der Waals surface area contributed by atoms with E-state index in [2.05, 4.69) is 5.32 Å². The van der Waals surface area contributed by atoms with Gasteiger partial charge in [0.25, 0.3) is 21.8 Å². The van der Waals surface area contributed by atoms with Crippen LogP contribution in [0.2, 0.25) is 0 Å². The topological polar surface area (TPSA) is 102 Å². The van der Waals surface area contributed by atoms with E-state index in [1.165, 1.54) is 14.0 Å². The average molecular weight is 459 g/mol. The van der Waals surface area contributed by atoms with Crippen molar-refractivity contribution in [1.29, 1.82) is 0 Å². The molecule has 0 bridgehead atoms. The molecule has 1 aliphatic rings. The molecule has 0 unspecified atom stereocenters. The minimum Gasteiger partial charge on any atom is -0.497 e. The summed E-state index contributed by atoms with van der Waals surface area (Å²) < 4.78 is 37.2. The number of sulfonamides is 1. The van der Waals surface area contributed by atoms with Crippen LogP contribution in [0.1, 0.15) is 34.8 Å². The summed E-state index contributed by atoms with van der Waals surface area (Å²) in [6, 6.07) is 13.0. The van der Waals surface area contributed by atoms with Gasteiger partial charge in [0.15, 0.2) is 0 Å². The third-order valence-corrected chi connectivity index (χ3v) is 7.07. The van der Waals surface area contributed by atoms with Crippen LogP contribution in [0.5, 0.6) is 5.75 Å². The molecule has 0 spiro atoms. The Hall–Kier alpha value is -3.17. The van der Waals surface area contributed by atoms with Gasteiger partial charge in [-0.05, 0) is 60.9 Å². The Morgan fingerprint density at radius 3 is 2.28 bits per heavy atom. The van der Waals surface area contributed by atoms with Crippen molar-refractivity contribution in [3.05, 3.63) is 70.8 Å². The van der Waals surface area contributed by atoms with Crippen LogP contribution in [-0.4, -0.2) is 51.9 Å². The summed E-state index contributed by atoms with van der Waals surface area (Å²) in [6.07, 6.45) is 0.706. The predicted molar refractivity (Wildman–Crippen MR) is 120 cm³/mol. The number of amides is 2. The number of nitrogens with zero attached hydrogens (tertiary/aromatic N) is 1. The van der Waals surface area contributed by atoms with E-state index in [0.717, 1.165) is 4.31 Å². The molecule has 2 aromatic rings. The van der Waals surface area contributed by atoms with E-state index < -0.39 is 15.9 Å². The molecule has 1 N–H and O–H groups in total. The average Bonchev–Trinajstić information content (AvgIpc) is 2.96. The molecule has 0 fully saturated rings. The minimum atomic E-state index is -4.01. The lowest BCUT2D eigenvalue weighted by atomic mass is 10.1. The maximum atomic E-state index is 13.2. The smallest absolute Gasteiger partial charge is 0.268 e. The molecule has 0 saturated carbocycles. The van der Waals surface area contributed by atoms with Crippen LogP contribution in [0.4, 0.5) is 0 Å². The standard InChI is InChI=1S/C23H26N2O6S/c1-16-21(18-9-11-20(31-3)12-10-18)32(28,29)25(23(16)27)15-17-5-7-19(8-6-17)22(26)24-13-4-14-30-2/h5-12H,4,13-15H2,1-3H3,(H,24,26). The van der Waals surface area contributed by atoms with Crippen molar-refractivity contribution in [2.45, 2.75) is 19.9 Å². The molecule has 170 valence electrons. The van der Waals surface area contributed by atoms with Crippen molar-refractivity contribution in [3.63, 3.8) is 0 Å². The quantitative estimate of drug-likeness (QED) is 0.580. The molecule has 32 heavy (non-hydrogen) atoms. The monoisotopic (exact) mass is 458 g/mol. The van der Waals surface area contributed by atoms with Crippen molar-refractivity contribution in [2.24, 2.45) is 0 Å². The number of hydrogen-bond acceptors (Lipinski definition) is 6. The van der Waals surface area contributed by atoms with Gasteiger partial charge in [-0.1, -0.05) is 12.1 Å². The second-order valence-electron chi connectivity index (χ2n) is 7.30. The highest BCUT2D eigenvalue weighted by molar-refractivity contribution is 7.99. The van der Waals surface area contributed by atoms with Crippen molar-refractivity contribution >= 4 is 26.7 Å². The Kier molecular flexibility index (Phi) is 7.32. The maximum Gasteiger partial charge on any atom is 0.268 e. The molecule has 2 amide bonds. The Balaban J connectivity index is 1.74. The van der Waals surface area contributed by atoms with Crippen LogP contribution in [0.25, 0.3) is 4.91 Å². The van der Waals surface area contributed by atoms with E-state index in [9.17, 15) is 18.0 Å². The van der Waals surface area contributed by atoms with Gasteiger partial charge < -0.3 is 14.8 Å². The van der Waals surface area contributed by atoms with Crippen LogP contribution >= 0.6 is 0 Å². The molecular formula is C23H26N2O6S. The molecule has 0 atom stereocenters. The number of benzene rings is 2. The van der Waals surface area contributed by atoms with Crippen LogP contribution in [0.3, 0.4) is 0 Å². The Labute approximate surface area is 187 Å². The number of nitrogens with one attached hydrogen (secondary N) is 1. The van der Waals surface area contributed by atoms with Gasteiger partial charge in [0.2, 0.25) is 0 Å². The highest BCUT2D eigenvalue weighted by Crippen LogP contribution is 2.36. The van der Waals surface area contributed by atoms with Gasteiger partial charge in [-0.15, -0.1) is 0 Å². The van der Waals surface area contributed by atoms with Gasteiger partial charge in [0, 0.05) is 31.4 Å². The third-order valence-electron chi connectivity index (χ3n) is 5.14. The molecule has 1 aliphatic heterocycles. The second kappa shape index (κ2) is 9.97. The normalized spacial score (nSPS) is 15.2. The molecular weight excluding hydrogens is 432 g/mol. The fourth-order valence-corrected chi connectivity index (χ4v) is 5.21. The zero-order chi connectivity index (χ0) is 23.3. The minimum absolute atomic E-state index is 0.00258. The van der Waals surface area contributed by atoms with E-state index in [0.29, 0.717) is 42.0 Å². The second-order valence-corrected chi connectivity index (χ2v) is 9.10. The Bertz CT molecular complexity index is 1120. The molecule has 1 heterocycles. The van der Waals surface area contributed by atoms with Gasteiger partial charge in [-0.2, -0.15) is 0 Å². The SMILES string of the molecule is COCCCNC(=O)c1ccc(CN2C(=O)C(C)=C(c3ccc(OC)cc3)S2(=O)=O)cc1. The Morgan fingerprint density at radius 1 is 1.03 bits per heavy atom. The molecule has 2 aromatic carbocycles. The molecule has 0 saturated heterocycles. The lowest BCUT2D eigenvalue weighted by Crippen LogP contribution is -2.31. The molecule has 3 rings (SSSR count). The first-order chi connectivity index (χ1) is 15.3. The first-order valence-corrected chi connectivity index (χ1v) is 11.5. The molecule has 0 aromatic heterocycles. The van der Waals surface area contributed by atoms with E-state index in [1.54, 1.807) is 55.6 Å². The van der Waals surface area contributed by atoms with E-state index in [4.69, 9.17) is 9.47 Å². The number of methoxy groups -OCH3 is 2. The van der Waals surface area contributed by atoms with Crippen LogP contribution in [-0.2, 0) is 26.1 Å². The zero-order valence-electron chi connectivity index (χ0n) is 18.3. The summed E-state index contributed by atoms with van der Waals surface area (Å²) in [5.41, 5.74) is 1.65. The lowest BCUT2D eigenvalue weighted by Gasteiger charge is -2.17. The van der Waals surface area contributed by atoms with E-state index in [1.807, 2.05) is 0 Å². The fraction of sp³-hybridized carbons (Fsp3) is 0.304. The fourth-order valence-electron chi connectivity index (χ4n) is 3.41. The van der Waals surface area contributed by atoms with Gasteiger partial charge >= 0.3 is 0 Å². The van der Waals surface area contributed by atoms with Gasteiger partial charge in [-0.25, -0.2) is 12.7 Å². The molecule has 0 aliphatic carbocycles. The molecule has 9 heteroatoms. The van der Waals surface area contributed by atoms with Gasteiger partial charge in [-0.3, -0.25) is 9.59 Å². The van der Waals surface area contributed by atoms with E-state index >= 15 is 0 Å². The summed E-state index contributed by atoms with van der Waals surface area (Å²) in [7, 11) is -0.888. The summed E-state index contributed by atoms with van der Waals surface area (Å²) in [5, 5.41) is 2.79. The van der Waals surface area contributed by atoms with Crippen molar-refractivity contribution in [3.8, 4) is 5.75 Å². The Morgan fingerprint density at radius 2 is 1.69 bits per heavy atom.